The molecule has 0 saturated heterocycles. The Bertz CT molecular complexity index is 333. The molecule has 0 radical (unpaired) electrons. The standard InChI is InChI=1S/C12H12O/c1-3-7-10-8-5-6-9-11(10)12(13)4-2/h1,4-6,8-9,12-13H,2,7H2. The molecule has 0 aliphatic carbocycles. The maximum absolute atomic E-state index is 9.55. The zero-order valence-electron chi connectivity index (χ0n) is 7.40. The monoisotopic (exact) mass is 172 g/mol. The fourth-order valence-corrected chi connectivity index (χ4v) is 1.22. The van der Waals surface area contributed by atoms with Crippen LogP contribution in [0.4, 0.5) is 0 Å². The van der Waals surface area contributed by atoms with Gasteiger partial charge in [-0.25, -0.2) is 0 Å². The largest absolute Gasteiger partial charge is 0.384 e. The van der Waals surface area contributed by atoms with Gasteiger partial charge in [0.05, 0.1) is 6.10 Å². The molecule has 1 aromatic rings. The second kappa shape index (κ2) is 4.49. The van der Waals surface area contributed by atoms with Crippen LogP contribution in [-0.4, -0.2) is 5.11 Å². The Hall–Kier alpha value is -1.52. The van der Waals surface area contributed by atoms with Gasteiger partial charge in [-0.05, 0) is 11.1 Å². The van der Waals surface area contributed by atoms with Gasteiger partial charge in [0.15, 0.2) is 0 Å². The van der Waals surface area contributed by atoms with Crippen LogP contribution in [0.5, 0.6) is 0 Å². The van der Waals surface area contributed by atoms with E-state index in [0.717, 1.165) is 11.1 Å². The molecule has 0 amide bonds. The molecule has 0 fully saturated rings. The minimum atomic E-state index is -0.621. The van der Waals surface area contributed by atoms with Crippen molar-refractivity contribution >= 4 is 0 Å². The third-order valence-electron chi connectivity index (χ3n) is 1.89. The van der Waals surface area contributed by atoms with E-state index >= 15 is 0 Å². The first-order valence-electron chi connectivity index (χ1n) is 4.11. The van der Waals surface area contributed by atoms with E-state index in [4.69, 9.17) is 6.42 Å². The van der Waals surface area contributed by atoms with Crippen LogP contribution in [0.3, 0.4) is 0 Å². The summed E-state index contributed by atoms with van der Waals surface area (Å²) in [6.07, 6.45) is 6.63. The van der Waals surface area contributed by atoms with Gasteiger partial charge >= 0.3 is 0 Å². The van der Waals surface area contributed by atoms with Crippen LogP contribution in [0, 0.1) is 12.3 Å². The van der Waals surface area contributed by atoms with Crippen LogP contribution >= 0.6 is 0 Å². The predicted molar refractivity (Wildman–Crippen MR) is 54.1 cm³/mol. The first-order chi connectivity index (χ1) is 6.29. The fraction of sp³-hybridized carbons (Fsp3) is 0.167. The van der Waals surface area contributed by atoms with Crippen LogP contribution in [-0.2, 0) is 6.42 Å². The van der Waals surface area contributed by atoms with Gasteiger partial charge in [0.25, 0.3) is 0 Å². The van der Waals surface area contributed by atoms with Crippen molar-refractivity contribution in [3.8, 4) is 12.3 Å². The fourth-order valence-electron chi connectivity index (χ4n) is 1.22. The van der Waals surface area contributed by atoms with Crippen molar-refractivity contribution < 1.29 is 5.11 Å². The highest BCUT2D eigenvalue weighted by Crippen LogP contribution is 2.18. The SMILES string of the molecule is C#CCc1ccccc1C(O)C=C. The van der Waals surface area contributed by atoms with Gasteiger partial charge in [-0.3, -0.25) is 0 Å². The number of rotatable bonds is 3. The number of aliphatic hydroxyl groups excluding tert-OH is 1. The third kappa shape index (κ3) is 2.21. The lowest BCUT2D eigenvalue weighted by atomic mass is 10.0. The first-order valence-corrected chi connectivity index (χ1v) is 4.11. The summed E-state index contributed by atoms with van der Waals surface area (Å²) in [5.74, 6) is 2.56. The summed E-state index contributed by atoms with van der Waals surface area (Å²) in [4.78, 5) is 0. The van der Waals surface area contributed by atoms with Gasteiger partial charge in [-0.1, -0.05) is 30.3 Å². The molecule has 1 N–H and O–H groups in total. The molecular weight excluding hydrogens is 160 g/mol. The molecule has 1 unspecified atom stereocenters. The predicted octanol–water partition coefficient (Wildman–Crippen LogP) is 2.08. The van der Waals surface area contributed by atoms with Crippen LogP contribution in [0.25, 0.3) is 0 Å². The normalized spacial score (nSPS) is 11.7. The van der Waals surface area contributed by atoms with Crippen molar-refractivity contribution in [2.24, 2.45) is 0 Å². The summed E-state index contributed by atoms with van der Waals surface area (Å²) in [5.41, 5.74) is 1.83. The molecule has 1 heteroatoms. The zero-order valence-corrected chi connectivity index (χ0v) is 7.40. The number of hydrogen-bond donors (Lipinski definition) is 1. The highest BCUT2D eigenvalue weighted by atomic mass is 16.3. The molecular formula is C12H12O. The molecule has 0 saturated carbocycles. The summed E-state index contributed by atoms with van der Waals surface area (Å²) >= 11 is 0. The summed E-state index contributed by atoms with van der Waals surface area (Å²) in [5, 5.41) is 9.55. The van der Waals surface area contributed by atoms with Gasteiger partial charge in [-0.15, -0.1) is 18.9 Å². The molecule has 1 nitrogen and oxygen atoms in total. The Morgan fingerprint density at radius 1 is 1.54 bits per heavy atom. The van der Waals surface area contributed by atoms with Crippen molar-refractivity contribution in [3.63, 3.8) is 0 Å². The average Bonchev–Trinajstić information content (AvgIpc) is 2.18. The first kappa shape index (κ1) is 9.57. The molecule has 1 rings (SSSR count). The van der Waals surface area contributed by atoms with Crippen molar-refractivity contribution in [2.75, 3.05) is 0 Å². The number of benzene rings is 1. The van der Waals surface area contributed by atoms with Gasteiger partial charge in [-0.2, -0.15) is 0 Å². The van der Waals surface area contributed by atoms with Gasteiger partial charge in [0.2, 0.25) is 0 Å². The van der Waals surface area contributed by atoms with Crippen LogP contribution in [0.1, 0.15) is 17.2 Å². The second-order valence-corrected chi connectivity index (χ2v) is 2.76. The smallest absolute Gasteiger partial charge is 0.0972 e. The van der Waals surface area contributed by atoms with Gasteiger partial charge < -0.3 is 5.11 Å². The second-order valence-electron chi connectivity index (χ2n) is 2.76. The van der Waals surface area contributed by atoms with Gasteiger partial charge in [0, 0.05) is 6.42 Å². The zero-order chi connectivity index (χ0) is 9.68. The molecule has 0 aliphatic heterocycles. The molecule has 0 spiro atoms. The lowest BCUT2D eigenvalue weighted by Gasteiger charge is -2.09. The summed E-state index contributed by atoms with van der Waals surface area (Å²) in [6, 6.07) is 7.56. The average molecular weight is 172 g/mol. The summed E-state index contributed by atoms with van der Waals surface area (Å²) in [6.45, 7) is 3.54. The van der Waals surface area contributed by atoms with E-state index < -0.39 is 6.10 Å². The lowest BCUT2D eigenvalue weighted by Crippen LogP contribution is -1.98. The molecule has 0 bridgehead atoms. The molecule has 1 atom stereocenters. The minimum absolute atomic E-state index is 0.543. The summed E-state index contributed by atoms with van der Waals surface area (Å²) < 4.78 is 0. The van der Waals surface area contributed by atoms with Crippen molar-refractivity contribution in [1.82, 2.24) is 0 Å². The van der Waals surface area contributed by atoms with Crippen molar-refractivity contribution in [2.45, 2.75) is 12.5 Å². The number of aliphatic hydroxyl groups is 1. The maximum Gasteiger partial charge on any atom is 0.0972 e. The highest BCUT2D eigenvalue weighted by molar-refractivity contribution is 5.33. The Morgan fingerprint density at radius 3 is 2.85 bits per heavy atom. The Kier molecular flexibility index (Phi) is 3.31. The van der Waals surface area contributed by atoms with E-state index in [9.17, 15) is 5.11 Å². The molecule has 1 aromatic carbocycles. The van der Waals surface area contributed by atoms with E-state index in [-0.39, 0.29) is 0 Å². The molecule has 13 heavy (non-hydrogen) atoms. The van der Waals surface area contributed by atoms with E-state index in [1.807, 2.05) is 24.3 Å². The Labute approximate surface area is 78.7 Å². The third-order valence-corrected chi connectivity index (χ3v) is 1.89. The lowest BCUT2D eigenvalue weighted by molar-refractivity contribution is 0.228. The highest BCUT2D eigenvalue weighted by Gasteiger charge is 2.06. The minimum Gasteiger partial charge on any atom is -0.384 e. The molecule has 0 aliphatic rings. The van der Waals surface area contributed by atoms with Crippen molar-refractivity contribution in [1.29, 1.82) is 0 Å². The quantitative estimate of drug-likeness (QED) is 0.546. The van der Waals surface area contributed by atoms with E-state index in [1.165, 1.54) is 6.08 Å². The summed E-state index contributed by atoms with van der Waals surface area (Å²) in [7, 11) is 0. The molecule has 0 heterocycles. The Balaban J connectivity index is 3.05. The van der Waals surface area contributed by atoms with Crippen molar-refractivity contribution in [3.05, 3.63) is 48.0 Å². The number of terminal acetylenes is 1. The van der Waals surface area contributed by atoms with Crippen LogP contribution < -0.4 is 0 Å². The maximum atomic E-state index is 9.55. The van der Waals surface area contributed by atoms with E-state index in [1.54, 1.807) is 0 Å². The molecule has 0 aromatic heterocycles. The Morgan fingerprint density at radius 2 is 2.23 bits per heavy atom. The number of hydrogen-bond acceptors (Lipinski definition) is 1. The van der Waals surface area contributed by atoms with Gasteiger partial charge in [0.1, 0.15) is 0 Å². The molecule has 66 valence electrons. The van der Waals surface area contributed by atoms with E-state index in [0.29, 0.717) is 6.42 Å². The topological polar surface area (TPSA) is 20.2 Å². The van der Waals surface area contributed by atoms with Crippen LogP contribution in [0.15, 0.2) is 36.9 Å². The van der Waals surface area contributed by atoms with E-state index in [2.05, 4.69) is 12.5 Å². The van der Waals surface area contributed by atoms with Crippen LogP contribution in [0.2, 0.25) is 0 Å².